The van der Waals surface area contributed by atoms with Crippen molar-refractivity contribution in [3.63, 3.8) is 0 Å². The highest BCUT2D eigenvalue weighted by Crippen LogP contribution is 2.14. The fourth-order valence-electron chi connectivity index (χ4n) is 2.47. The predicted molar refractivity (Wildman–Crippen MR) is 101 cm³/mol. The van der Waals surface area contributed by atoms with Crippen LogP contribution in [0.3, 0.4) is 0 Å². The number of hydrogen-bond donors (Lipinski definition) is 1. The summed E-state index contributed by atoms with van der Waals surface area (Å²) in [6, 6.07) is 14.9. The zero-order chi connectivity index (χ0) is 19.2. The van der Waals surface area contributed by atoms with Gasteiger partial charge in [-0.1, -0.05) is 61.9 Å². The van der Waals surface area contributed by atoms with E-state index in [9.17, 15) is 13.2 Å². The maximum absolute atomic E-state index is 12.6. The lowest BCUT2D eigenvalue weighted by Crippen LogP contribution is -2.42. The van der Waals surface area contributed by atoms with Crippen LogP contribution < -0.4 is 4.72 Å². The molecule has 0 saturated carbocycles. The van der Waals surface area contributed by atoms with Crippen LogP contribution in [0.25, 0.3) is 0 Å². The fourth-order valence-corrected chi connectivity index (χ4v) is 3.66. The quantitative estimate of drug-likeness (QED) is 0.718. The van der Waals surface area contributed by atoms with Crippen molar-refractivity contribution in [1.29, 1.82) is 0 Å². The van der Waals surface area contributed by atoms with Crippen molar-refractivity contribution in [2.24, 2.45) is 5.92 Å². The van der Waals surface area contributed by atoms with Gasteiger partial charge >= 0.3 is 5.97 Å². The molecule has 2 aromatic carbocycles. The van der Waals surface area contributed by atoms with E-state index in [0.717, 1.165) is 11.1 Å². The Bertz CT molecular complexity index is 815. The summed E-state index contributed by atoms with van der Waals surface area (Å²) >= 11 is 0. The standard InChI is InChI=1S/C20H25NO4S/c1-15(2)13-19(20(22)25-14-17-7-5-4-6-8-17)21-26(23,24)18-11-9-16(3)10-12-18/h4-12,15,19,21H,13-14H2,1-3H3/t19-/m1/s1. The summed E-state index contributed by atoms with van der Waals surface area (Å²) in [5, 5.41) is 0. The lowest BCUT2D eigenvalue weighted by atomic mass is 10.1. The van der Waals surface area contributed by atoms with Crippen LogP contribution in [-0.4, -0.2) is 20.4 Å². The average Bonchev–Trinajstić information content (AvgIpc) is 2.60. The second-order valence-electron chi connectivity index (χ2n) is 6.71. The molecular formula is C20H25NO4S. The average molecular weight is 375 g/mol. The summed E-state index contributed by atoms with van der Waals surface area (Å²) in [6.45, 7) is 5.85. The van der Waals surface area contributed by atoms with Gasteiger partial charge in [0.25, 0.3) is 0 Å². The zero-order valence-electron chi connectivity index (χ0n) is 15.3. The van der Waals surface area contributed by atoms with Gasteiger partial charge in [0.1, 0.15) is 12.6 Å². The van der Waals surface area contributed by atoms with E-state index in [4.69, 9.17) is 4.74 Å². The van der Waals surface area contributed by atoms with Crippen molar-refractivity contribution < 1.29 is 17.9 Å². The number of sulfonamides is 1. The third-order valence-corrected chi connectivity index (χ3v) is 5.33. The molecule has 0 radical (unpaired) electrons. The molecule has 0 aliphatic heterocycles. The topological polar surface area (TPSA) is 72.5 Å². The first-order valence-electron chi connectivity index (χ1n) is 8.57. The number of carbonyl (C=O) groups is 1. The molecule has 1 atom stereocenters. The minimum absolute atomic E-state index is 0.112. The Balaban J connectivity index is 2.10. The van der Waals surface area contributed by atoms with Crippen LogP contribution in [-0.2, 0) is 26.2 Å². The van der Waals surface area contributed by atoms with E-state index < -0.39 is 22.0 Å². The molecule has 1 N–H and O–H groups in total. The number of aryl methyl sites for hydroxylation is 1. The summed E-state index contributed by atoms with van der Waals surface area (Å²) < 4.78 is 33.0. The number of ether oxygens (including phenoxy) is 1. The van der Waals surface area contributed by atoms with Gasteiger partial charge < -0.3 is 4.74 Å². The fraction of sp³-hybridized carbons (Fsp3) is 0.350. The van der Waals surface area contributed by atoms with Crippen molar-refractivity contribution in [1.82, 2.24) is 4.72 Å². The monoisotopic (exact) mass is 375 g/mol. The predicted octanol–water partition coefficient (Wildman–Crippen LogP) is 3.43. The normalized spacial score (nSPS) is 12.8. The Labute approximate surface area is 155 Å². The molecule has 6 heteroatoms. The molecule has 0 spiro atoms. The Morgan fingerprint density at radius 3 is 2.23 bits per heavy atom. The molecule has 140 valence electrons. The summed E-state index contributed by atoms with van der Waals surface area (Å²) in [6.07, 6.45) is 0.360. The number of nitrogens with one attached hydrogen (secondary N) is 1. The molecule has 5 nitrogen and oxygen atoms in total. The van der Waals surface area contributed by atoms with Crippen LogP contribution in [0.1, 0.15) is 31.4 Å². The van der Waals surface area contributed by atoms with E-state index in [1.165, 1.54) is 12.1 Å². The maximum atomic E-state index is 12.6. The molecule has 0 heterocycles. The second-order valence-corrected chi connectivity index (χ2v) is 8.42. The van der Waals surface area contributed by atoms with Gasteiger partial charge in [-0.15, -0.1) is 0 Å². The maximum Gasteiger partial charge on any atom is 0.324 e. The van der Waals surface area contributed by atoms with Gasteiger partial charge in [0, 0.05) is 0 Å². The van der Waals surface area contributed by atoms with Crippen molar-refractivity contribution in [3.8, 4) is 0 Å². The first-order valence-corrected chi connectivity index (χ1v) is 10.1. The third-order valence-electron chi connectivity index (χ3n) is 3.84. The van der Waals surface area contributed by atoms with E-state index in [2.05, 4.69) is 4.72 Å². The molecule has 0 aromatic heterocycles. The highest BCUT2D eigenvalue weighted by molar-refractivity contribution is 7.89. The van der Waals surface area contributed by atoms with Gasteiger partial charge in [-0.25, -0.2) is 8.42 Å². The van der Waals surface area contributed by atoms with Gasteiger partial charge in [0.2, 0.25) is 10.0 Å². The van der Waals surface area contributed by atoms with E-state index in [-0.39, 0.29) is 17.4 Å². The van der Waals surface area contributed by atoms with Crippen LogP contribution >= 0.6 is 0 Å². The van der Waals surface area contributed by atoms with Crippen LogP contribution in [0, 0.1) is 12.8 Å². The Morgan fingerprint density at radius 1 is 1.04 bits per heavy atom. The van der Waals surface area contributed by atoms with Crippen molar-refractivity contribution in [3.05, 3.63) is 65.7 Å². The molecule has 0 aliphatic carbocycles. The minimum atomic E-state index is -3.80. The SMILES string of the molecule is Cc1ccc(S(=O)(=O)N[C@H](CC(C)C)C(=O)OCc2ccccc2)cc1. The second kappa shape index (κ2) is 8.96. The highest BCUT2D eigenvalue weighted by atomic mass is 32.2. The van der Waals surface area contributed by atoms with Crippen LogP contribution in [0.5, 0.6) is 0 Å². The summed E-state index contributed by atoms with van der Waals surface area (Å²) in [5.41, 5.74) is 1.82. The molecule has 0 bridgehead atoms. The van der Waals surface area contributed by atoms with Crippen molar-refractivity contribution in [2.45, 2.75) is 44.7 Å². The lowest BCUT2D eigenvalue weighted by Gasteiger charge is -2.19. The first kappa shape index (κ1) is 20.1. The third kappa shape index (κ3) is 5.97. The lowest BCUT2D eigenvalue weighted by molar-refractivity contribution is -0.147. The number of rotatable bonds is 8. The molecular weight excluding hydrogens is 350 g/mol. The largest absolute Gasteiger partial charge is 0.460 e. The van der Waals surface area contributed by atoms with Crippen LogP contribution in [0.4, 0.5) is 0 Å². The Morgan fingerprint density at radius 2 is 1.65 bits per heavy atom. The van der Waals surface area contributed by atoms with Gasteiger partial charge in [-0.05, 0) is 37.0 Å². The van der Waals surface area contributed by atoms with E-state index in [0.29, 0.717) is 6.42 Å². The first-order chi connectivity index (χ1) is 12.3. The molecule has 26 heavy (non-hydrogen) atoms. The molecule has 0 saturated heterocycles. The van der Waals surface area contributed by atoms with Crippen LogP contribution in [0.15, 0.2) is 59.5 Å². The van der Waals surface area contributed by atoms with E-state index >= 15 is 0 Å². The van der Waals surface area contributed by atoms with Crippen molar-refractivity contribution in [2.75, 3.05) is 0 Å². The summed E-state index contributed by atoms with van der Waals surface area (Å²) in [5.74, 6) is -0.441. The Kier molecular flexibility index (Phi) is 6.94. The molecule has 2 rings (SSSR count). The Hall–Kier alpha value is -2.18. The number of hydrogen-bond acceptors (Lipinski definition) is 4. The van der Waals surface area contributed by atoms with Gasteiger partial charge in [0.15, 0.2) is 0 Å². The van der Waals surface area contributed by atoms with Gasteiger partial charge in [-0.2, -0.15) is 4.72 Å². The van der Waals surface area contributed by atoms with Crippen LogP contribution in [0.2, 0.25) is 0 Å². The molecule has 0 amide bonds. The van der Waals surface area contributed by atoms with E-state index in [1.54, 1.807) is 12.1 Å². The highest BCUT2D eigenvalue weighted by Gasteiger charge is 2.27. The van der Waals surface area contributed by atoms with Crippen molar-refractivity contribution >= 4 is 16.0 Å². The minimum Gasteiger partial charge on any atom is -0.460 e. The molecule has 2 aromatic rings. The summed E-state index contributed by atoms with van der Waals surface area (Å²) in [7, 11) is -3.80. The zero-order valence-corrected chi connectivity index (χ0v) is 16.1. The molecule has 0 unspecified atom stereocenters. The number of esters is 1. The number of benzene rings is 2. The van der Waals surface area contributed by atoms with E-state index in [1.807, 2.05) is 51.1 Å². The number of carbonyl (C=O) groups excluding carboxylic acids is 1. The van der Waals surface area contributed by atoms with Gasteiger partial charge in [0.05, 0.1) is 4.90 Å². The molecule has 0 aliphatic rings. The smallest absolute Gasteiger partial charge is 0.324 e. The molecule has 0 fully saturated rings. The summed E-state index contributed by atoms with van der Waals surface area (Å²) in [4.78, 5) is 12.6. The van der Waals surface area contributed by atoms with Gasteiger partial charge in [-0.3, -0.25) is 4.79 Å².